The number of carbonyl (C=O) groups is 2. The monoisotopic (exact) mass is 228 g/mol. The lowest BCUT2D eigenvalue weighted by Crippen LogP contribution is -2.25. The molecule has 15 heavy (non-hydrogen) atoms. The molecule has 0 atom stereocenters. The topological polar surface area (TPSA) is 78.4 Å². The van der Waals surface area contributed by atoms with E-state index < -0.39 is 18.2 Å². The summed E-state index contributed by atoms with van der Waals surface area (Å²) in [5.74, 6) is -1.27. The molecule has 0 unspecified atom stereocenters. The van der Waals surface area contributed by atoms with E-state index in [0.717, 1.165) is 0 Å². The number of halogens is 1. The minimum Gasteiger partial charge on any atom is -0.326 e. The van der Waals surface area contributed by atoms with Crippen molar-refractivity contribution in [3.05, 3.63) is 29.3 Å². The minimum absolute atomic E-state index is 0.431. The number of hydroxylamine groups is 1. The molecule has 0 spiro atoms. The molecular weight excluding hydrogens is 220 g/mol. The van der Waals surface area contributed by atoms with Crippen LogP contribution in [0.3, 0.4) is 0 Å². The molecular formula is C9H9ClN2O3. The van der Waals surface area contributed by atoms with Crippen LogP contribution >= 0.6 is 11.6 Å². The largest absolute Gasteiger partial charge is 0.326 e. The molecule has 0 radical (unpaired) electrons. The van der Waals surface area contributed by atoms with E-state index in [2.05, 4.69) is 5.32 Å². The fourth-order valence-electron chi connectivity index (χ4n) is 0.924. The Morgan fingerprint density at radius 1 is 1.20 bits per heavy atom. The molecule has 0 aliphatic heterocycles. The Hall–Kier alpha value is -1.59. The molecule has 1 rings (SSSR count). The molecule has 0 heterocycles. The summed E-state index contributed by atoms with van der Waals surface area (Å²) in [5.41, 5.74) is 1.91. The van der Waals surface area contributed by atoms with Gasteiger partial charge in [-0.05, 0) is 24.3 Å². The van der Waals surface area contributed by atoms with Crippen LogP contribution in [0.1, 0.15) is 6.42 Å². The summed E-state index contributed by atoms with van der Waals surface area (Å²) in [7, 11) is 0. The number of hydrogen-bond acceptors (Lipinski definition) is 3. The minimum atomic E-state index is -0.763. The van der Waals surface area contributed by atoms with Crippen molar-refractivity contribution in [2.45, 2.75) is 6.42 Å². The van der Waals surface area contributed by atoms with Gasteiger partial charge in [-0.1, -0.05) is 11.6 Å². The second-order valence-corrected chi connectivity index (χ2v) is 3.20. The van der Waals surface area contributed by atoms with Crippen LogP contribution in [0.2, 0.25) is 5.02 Å². The third-order valence-electron chi connectivity index (χ3n) is 1.57. The van der Waals surface area contributed by atoms with Gasteiger partial charge < -0.3 is 5.32 Å². The molecule has 1 aromatic rings. The van der Waals surface area contributed by atoms with Gasteiger partial charge in [0, 0.05) is 10.7 Å². The van der Waals surface area contributed by atoms with Crippen LogP contribution in [-0.2, 0) is 9.59 Å². The van der Waals surface area contributed by atoms with Gasteiger partial charge in [0.2, 0.25) is 5.91 Å². The highest BCUT2D eigenvalue weighted by Crippen LogP contribution is 2.13. The molecule has 0 aromatic heterocycles. The summed E-state index contributed by atoms with van der Waals surface area (Å²) in [6, 6.07) is 6.45. The first-order valence-corrected chi connectivity index (χ1v) is 4.48. The number of anilines is 1. The lowest BCUT2D eigenvalue weighted by Gasteiger charge is -2.03. The smallest absolute Gasteiger partial charge is 0.252 e. The van der Waals surface area contributed by atoms with Gasteiger partial charge >= 0.3 is 0 Å². The van der Waals surface area contributed by atoms with E-state index in [0.29, 0.717) is 10.7 Å². The van der Waals surface area contributed by atoms with Crippen molar-refractivity contribution in [1.29, 1.82) is 0 Å². The fraction of sp³-hybridized carbons (Fsp3) is 0.111. The van der Waals surface area contributed by atoms with Crippen LogP contribution in [0.25, 0.3) is 0 Å². The summed E-state index contributed by atoms with van der Waals surface area (Å²) in [6.45, 7) is 0. The highest BCUT2D eigenvalue weighted by molar-refractivity contribution is 6.30. The number of benzene rings is 1. The van der Waals surface area contributed by atoms with Crippen LogP contribution in [0, 0.1) is 0 Å². The lowest BCUT2D eigenvalue weighted by atomic mass is 10.3. The molecule has 0 aliphatic rings. The first-order valence-electron chi connectivity index (χ1n) is 4.10. The van der Waals surface area contributed by atoms with E-state index in [1.54, 1.807) is 24.3 Å². The molecule has 80 valence electrons. The van der Waals surface area contributed by atoms with E-state index in [1.807, 2.05) is 0 Å². The van der Waals surface area contributed by atoms with Gasteiger partial charge in [0.15, 0.2) is 0 Å². The second-order valence-electron chi connectivity index (χ2n) is 2.77. The molecule has 0 aliphatic carbocycles. The summed E-state index contributed by atoms with van der Waals surface area (Å²) in [6.07, 6.45) is -0.431. The van der Waals surface area contributed by atoms with E-state index in [4.69, 9.17) is 16.8 Å². The van der Waals surface area contributed by atoms with E-state index in [1.165, 1.54) is 5.48 Å². The van der Waals surface area contributed by atoms with Gasteiger partial charge in [0.05, 0.1) is 0 Å². The molecule has 0 saturated heterocycles. The van der Waals surface area contributed by atoms with E-state index in [9.17, 15) is 9.59 Å². The Morgan fingerprint density at radius 2 is 1.80 bits per heavy atom. The predicted molar refractivity (Wildman–Crippen MR) is 54.6 cm³/mol. The standard InChI is InChI=1S/C9H9ClN2O3/c10-6-1-3-7(4-2-6)11-8(13)5-9(14)12-15/h1-4,15H,5H2,(H,11,13)(H,12,14). The van der Waals surface area contributed by atoms with Crippen LogP contribution < -0.4 is 10.8 Å². The third-order valence-corrected chi connectivity index (χ3v) is 1.83. The first-order chi connectivity index (χ1) is 7.11. The second kappa shape index (κ2) is 5.33. The van der Waals surface area contributed by atoms with Gasteiger partial charge in [-0.2, -0.15) is 0 Å². The van der Waals surface area contributed by atoms with Gasteiger partial charge in [0.25, 0.3) is 5.91 Å². The molecule has 1 aromatic carbocycles. The van der Waals surface area contributed by atoms with Crippen molar-refractivity contribution in [2.75, 3.05) is 5.32 Å². The number of rotatable bonds is 3. The average molecular weight is 229 g/mol. The third kappa shape index (κ3) is 3.97. The number of carbonyl (C=O) groups excluding carboxylic acids is 2. The molecule has 6 heteroatoms. The average Bonchev–Trinajstić information content (AvgIpc) is 2.21. The molecule has 0 bridgehead atoms. The lowest BCUT2D eigenvalue weighted by molar-refractivity contribution is -0.132. The highest BCUT2D eigenvalue weighted by atomic mass is 35.5. The molecule has 3 N–H and O–H groups in total. The van der Waals surface area contributed by atoms with E-state index in [-0.39, 0.29) is 0 Å². The SMILES string of the molecule is O=C(CC(=O)Nc1ccc(Cl)cc1)NO. The van der Waals surface area contributed by atoms with Gasteiger partial charge in [-0.25, -0.2) is 5.48 Å². The summed E-state index contributed by atoms with van der Waals surface area (Å²) < 4.78 is 0. The quantitative estimate of drug-likeness (QED) is 0.413. The normalized spacial score (nSPS) is 9.47. The first kappa shape index (κ1) is 11.5. The van der Waals surface area contributed by atoms with Gasteiger partial charge in [0.1, 0.15) is 6.42 Å². The Labute approximate surface area is 91.0 Å². The van der Waals surface area contributed by atoms with Crippen LogP contribution in [-0.4, -0.2) is 17.0 Å². The van der Waals surface area contributed by atoms with Gasteiger partial charge in [-0.15, -0.1) is 0 Å². The van der Waals surface area contributed by atoms with Gasteiger partial charge in [-0.3, -0.25) is 14.8 Å². The van der Waals surface area contributed by atoms with Crippen molar-refractivity contribution in [3.8, 4) is 0 Å². The zero-order chi connectivity index (χ0) is 11.3. The number of amides is 2. The fourth-order valence-corrected chi connectivity index (χ4v) is 1.05. The maximum Gasteiger partial charge on any atom is 0.252 e. The molecule has 0 fully saturated rings. The number of nitrogens with one attached hydrogen (secondary N) is 2. The summed E-state index contributed by atoms with van der Waals surface area (Å²) in [5, 5.41) is 11.2. The Morgan fingerprint density at radius 3 is 2.33 bits per heavy atom. The van der Waals surface area contributed by atoms with Crippen LogP contribution in [0.4, 0.5) is 5.69 Å². The Bertz CT molecular complexity index is 364. The predicted octanol–water partition coefficient (Wildman–Crippen LogP) is 1.17. The van der Waals surface area contributed by atoms with Crippen molar-refractivity contribution in [2.24, 2.45) is 0 Å². The number of hydrogen-bond donors (Lipinski definition) is 3. The summed E-state index contributed by atoms with van der Waals surface area (Å²) in [4.78, 5) is 21.8. The van der Waals surface area contributed by atoms with Crippen LogP contribution in [0.15, 0.2) is 24.3 Å². The van der Waals surface area contributed by atoms with Crippen molar-refractivity contribution < 1.29 is 14.8 Å². The highest BCUT2D eigenvalue weighted by Gasteiger charge is 2.08. The Balaban J connectivity index is 2.51. The molecule has 0 saturated carbocycles. The van der Waals surface area contributed by atoms with Crippen molar-refractivity contribution in [3.63, 3.8) is 0 Å². The molecule has 2 amide bonds. The van der Waals surface area contributed by atoms with Crippen LogP contribution in [0.5, 0.6) is 0 Å². The van der Waals surface area contributed by atoms with E-state index >= 15 is 0 Å². The maximum absolute atomic E-state index is 11.2. The molecule has 5 nitrogen and oxygen atoms in total. The zero-order valence-electron chi connectivity index (χ0n) is 7.66. The van der Waals surface area contributed by atoms with Crippen molar-refractivity contribution in [1.82, 2.24) is 5.48 Å². The Kier molecular flexibility index (Phi) is 4.08. The summed E-state index contributed by atoms with van der Waals surface area (Å²) >= 11 is 5.65. The van der Waals surface area contributed by atoms with Crippen molar-refractivity contribution >= 4 is 29.1 Å². The zero-order valence-corrected chi connectivity index (χ0v) is 8.41. The maximum atomic E-state index is 11.2.